The first-order chi connectivity index (χ1) is 25.6. The highest BCUT2D eigenvalue weighted by Gasteiger charge is 2.20. The van der Waals surface area contributed by atoms with E-state index in [0.29, 0.717) is 74.4 Å². The number of carbonyl (C=O) groups excluding carboxylic acids is 2. The van der Waals surface area contributed by atoms with E-state index in [1.54, 1.807) is 36.4 Å². The molecule has 53 heavy (non-hydrogen) atoms. The van der Waals surface area contributed by atoms with Crippen molar-refractivity contribution in [3.8, 4) is 23.0 Å². The van der Waals surface area contributed by atoms with Gasteiger partial charge in [-0.25, -0.2) is 9.59 Å². The number of aromatic hydroxyl groups is 2. The standard InChI is InChI=1S/C39H48Cl4N2O8/c1-4-6-20-50-35-23-28(8-10-32(35)44(16-12-40)17-13-41)38(48)52-25-30-31(37(47)27(3)22-34(30)46)26-53-39(49)29-9-11-33(45(18-14-42)19-15-43)36(24-29)51-21-7-5-2/h8-11,22-25,46-47H,3-7,12-21,26H2,1-2H3. The number of anilines is 2. The van der Waals surface area contributed by atoms with Crippen molar-refractivity contribution in [2.45, 2.75) is 46.1 Å². The highest BCUT2D eigenvalue weighted by Crippen LogP contribution is 2.32. The van der Waals surface area contributed by atoms with E-state index in [1.807, 2.05) is 23.6 Å². The van der Waals surface area contributed by atoms with Crippen LogP contribution in [-0.2, 0) is 16.1 Å². The van der Waals surface area contributed by atoms with Crippen molar-refractivity contribution < 1.29 is 38.7 Å². The van der Waals surface area contributed by atoms with Crippen LogP contribution in [0.15, 0.2) is 42.5 Å². The minimum atomic E-state index is -0.758. The van der Waals surface area contributed by atoms with Crippen molar-refractivity contribution in [2.75, 3.05) is 72.7 Å². The van der Waals surface area contributed by atoms with E-state index in [9.17, 15) is 19.8 Å². The fourth-order valence-electron chi connectivity index (χ4n) is 5.27. The summed E-state index contributed by atoms with van der Waals surface area (Å²) in [5, 5.41) is 21.8. The van der Waals surface area contributed by atoms with Crippen LogP contribution in [0.25, 0.3) is 12.8 Å². The molecule has 14 heteroatoms. The lowest BCUT2D eigenvalue weighted by molar-refractivity contribution is 0.0467. The monoisotopic (exact) mass is 812 g/mol. The molecule has 3 aromatic carbocycles. The largest absolute Gasteiger partial charge is 0.507 e. The van der Waals surface area contributed by atoms with Crippen LogP contribution in [0.1, 0.15) is 65.8 Å². The van der Waals surface area contributed by atoms with Crippen LogP contribution in [-0.4, -0.2) is 85.1 Å². The molecule has 0 heterocycles. The number of hydrogen-bond donors (Lipinski definition) is 2. The van der Waals surface area contributed by atoms with Crippen LogP contribution in [0.3, 0.4) is 0 Å². The number of carbonyl (C=O) groups is 2. The minimum Gasteiger partial charge on any atom is -0.507 e. The Balaban J connectivity index is 1.91. The third-order valence-corrected chi connectivity index (χ3v) is 8.81. The highest BCUT2D eigenvalue weighted by atomic mass is 35.5. The van der Waals surface area contributed by atoms with Gasteiger partial charge in [-0.05, 0) is 55.3 Å². The van der Waals surface area contributed by atoms with E-state index in [4.69, 9.17) is 65.4 Å². The topological polar surface area (TPSA) is 118 Å². The van der Waals surface area contributed by atoms with Gasteiger partial charge < -0.3 is 39.0 Å². The third kappa shape index (κ3) is 12.7. The summed E-state index contributed by atoms with van der Waals surface area (Å²) < 4.78 is 23.2. The van der Waals surface area contributed by atoms with Crippen LogP contribution in [0.4, 0.5) is 11.4 Å². The number of benzene rings is 3. The molecule has 0 spiro atoms. The second-order valence-electron chi connectivity index (χ2n) is 11.9. The average Bonchev–Trinajstić information content (AvgIpc) is 3.15. The molecule has 0 saturated carbocycles. The molecule has 3 aromatic rings. The molecule has 290 valence electrons. The number of rotatable bonds is 23. The maximum atomic E-state index is 13.3. The molecule has 0 atom stereocenters. The first-order valence-electron chi connectivity index (χ1n) is 17.5. The molecule has 0 bridgehead atoms. The summed E-state index contributed by atoms with van der Waals surface area (Å²) in [6.45, 7) is 10.3. The molecule has 0 aliphatic heterocycles. The highest BCUT2D eigenvalue weighted by molar-refractivity contribution is 6.19. The number of halogens is 4. The van der Waals surface area contributed by atoms with Gasteiger partial charge in [0.1, 0.15) is 35.9 Å². The smallest absolute Gasteiger partial charge is 0.343 e. The predicted octanol–water partition coefficient (Wildman–Crippen LogP) is 7.39. The molecular weight excluding hydrogens is 766 g/mol. The molecule has 10 nitrogen and oxygen atoms in total. The van der Waals surface area contributed by atoms with Gasteiger partial charge >= 0.3 is 11.9 Å². The van der Waals surface area contributed by atoms with E-state index in [-0.39, 0.29) is 38.6 Å². The molecule has 0 saturated heterocycles. The number of phenols is 2. The van der Waals surface area contributed by atoms with Gasteiger partial charge in [0.2, 0.25) is 0 Å². The Hall–Kier alpha value is -3.70. The van der Waals surface area contributed by atoms with Crippen LogP contribution in [0, 0.1) is 0 Å². The quantitative estimate of drug-likeness (QED) is 0.0435. The van der Waals surface area contributed by atoms with Crippen LogP contribution in [0.2, 0.25) is 0 Å². The van der Waals surface area contributed by atoms with E-state index in [0.717, 1.165) is 43.3 Å². The molecule has 0 aliphatic carbocycles. The van der Waals surface area contributed by atoms with E-state index in [1.165, 1.54) is 6.07 Å². The zero-order valence-corrected chi connectivity index (χ0v) is 33.2. The Morgan fingerprint density at radius 3 is 1.66 bits per heavy atom. The van der Waals surface area contributed by atoms with Gasteiger partial charge in [0.05, 0.1) is 40.9 Å². The number of unbranched alkanes of at least 4 members (excludes halogenated alkanes) is 2. The van der Waals surface area contributed by atoms with Gasteiger partial charge in [-0.1, -0.05) is 33.3 Å². The predicted molar refractivity (Wildman–Crippen MR) is 215 cm³/mol. The van der Waals surface area contributed by atoms with Crippen molar-refractivity contribution in [1.82, 2.24) is 0 Å². The van der Waals surface area contributed by atoms with Gasteiger partial charge in [0.15, 0.2) is 0 Å². The second-order valence-corrected chi connectivity index (χ2v) is 13.4. The summed E-state index contributed by atoms with van der Waals surface area (Å²) in [5.74, 6) is 0.250. The molecule has 0 aromatic heterocycles. The molecule has 0 aliphatic rings. The van der Waals surface area contributed by atoms with Gasteiger partial charge in [0, 0.05) is 60.5 Å². The number of esters is 2. The van der Waals surface area contributed by atoms with Crippen LogP contribution < -0.4 is 29.7 Å². The summed E-state index contributed by atoms with van der Waals surface area (Å²) in [6.07, 6.45) is 4.46. The summed E-state index contributed by atoms with van der Waals surface area (Å²) in [7, 11) is 0. The zero-order valence-electron chi connectivity index (χ0n) is 30.2. The number of alkyl halides is 4. The van der Waals surface area contributed by atoms with E-state index < -0.39 is 18.5 Å². The Morgan fingerprint density at radius 2 is 1.21 bits per heavy atom. The Kier molecular flexibility index (Phi) is 19.1. The first kappa shape index (κ1) is 43.7. The van der Waals surface area contributed by atoms with E-state index >= 15 is 0 Å². The maximum absolute atomic E-state index is 13.3. The Bertz CT molecular complexity index is 1750. The molecule has 2 N–H and O–H groups in total. The normalized spacial score (nSPS) is 11.3. The lowest BCUT2D eigenvalue weighted by Crippen LogP contribution is -2.28. The molecule has 3 rings (SSSR count). The summed E-state index contributed by atoms with van der Waals surface area (Å²) >= 11 is 24.1. The first-order valence-corrected chi connectivity index (χ1v) is 19.7. The van der Waals surface area contributed by atoms with Crippen molar-refractivity contribution in [3.05, 3.63) is 69.6 Å². The fraction of sp³-hybridized carbons (Fsp3) is 0.436. The Morgan fingerprint density at radius 1 is 0.736 bits per heavy atom. The number of hydrogen-bond acceptors (Lipinski definition) is 10. The van der Waals surface area contributed by atoms with E-state index in [2.05, 4.69) is 6.58 Å². The summed E-state index contributed by atoms with van der Waals surface area (Å²) in [6, 6.07) is 11.0. The number of nitrogens with zero attached hydrogens (tertiary/aromatic N) is 2. The lowest BCUT2D eigenvalue weighted by Gasteiger charge is -2.25. The molecular formula is C39H48Cl4N2O8. The summed E-state index contributed by atoms with van der Waals surface area (Å²) in [5.41, 5.74) is 1.83. The number of phenolic OH excluding ortho intramolecular Hbond substituents is 2. The minimum absolute atomic E-state index is 0.0145. The average molecular weight is 815 g/mol. The van der Waals surface area contributed by atoms with Crippen molar-refractivity contribution >= 4 is 82.6 Å². The van der Waals surface area contributed by atoms with Crippen molar-refractivity contribution in [3.63, 3.8) is 0 Å². The number of ether oxygens (including phenoxy) is 4. The van der Waals surface area contributed by atoms with Crippen LogP contribution >= 0.6 is 46.4 Å². The Labute approximate surface area is 331 Å². The third-order valence-electron chi connectivity index (χ3n) is 8.13. The molecule has 0 radical (unpaired) electrons. The van der Waals surface area contributed by atoms with Crippen molar-refractivity contribution in [1.29, 1.82) is 0 Å². The van der Waals surface area contributed by atoms with Gasteiger partial charge in [0.25, 0.3) is 0 Å². The SMILES string of the molecule is C=c1cc(O)c(=COC(=O)c2ccc(N(CCCl)CCCl)c(OCCCC)c2)c(COC(=O)c2ccc(N(CCCl)CCCl)c(OCCCC)c2)c1O. The lowest BCUT2D eigenvalue weighted by atomic mass is 10.1. The van der Waals surface area contributed by atoms with Crippen LogP contribution in [0.5, 0.6) is 23.0 Å². The van der Waals surface area contributed by atoms with Gasteiger partial charge in [-0.15, -0.1) is 46.4 Å². The summed E-state index contributed by atoms with van der Waals surface area (Å²) in [4.78, 5) is 30.6. The zero-order chi connectivity index (χ0) is 38.8. The van der Waals surface area contributed by atoms with Gasteiger partial charge in [-0.2, -0.15) is 0 Å². The maximum Gasteiger partial charge on any atom is 0.343 e. The second kappa shape index (κ2) is 23.2. The molecule has 0 amide bonds. The molecule has 0 unspecified atom stereocenters. The fourth-order valence-corrected chi connectivity index (χ4v) is 6.08. The molecule has 0 fully saturated rings. The van der Waals surface area contributed by atoms with Gasteiger partial charge in [-0.3, -0.25) is 0 Å². The van der Waals surface area contributed by atoms with Crippen molar-refractivity contribution in [2.24, 2.45) is 0 Å².